The van der Waals surface area contributed by atoms with E-state index < -0.39 is 6.04 Å². The number of hydrogen-bond donors (Lipinski definition) is 0. The molecule has 3 nitrogen and oxygen atoms in total. The average Bonchev–Trinajstić information content (AvgIpc) is 2.98. The van der Waals surface area contributed by atoms with Crippen molar-refractivity contribution in [3.8, 4) is 0 Å². The maximum atomic E-state index is 12.2. The van der Waals surface area contributed by atoms with Gasteiger partial charge < -0.3 is 4.74 Å². The third kappa shape index (κ3) is 2.40. The smallest absolute Gasteiger partial charge is 0.217 e. The van der Waals surface area contributed by atoms with Crippen molar-refractivity contribution in [2.24, 2.45) is 4.99 Å². The van der Waals surface area contributed by atoms with E-state index in [9.17, 15) is 4.79 Å². The van der Waals surface area contributed by atoms with Gasteiger partial charge in [0.05, 0.1) is 0 Å². The molecule has 0 radical (unpaired) electrons. The molecule has 0 aromatic heterocycles. The molecule has 0 saturated heterocycles. The van der Waals surface area contributed by atoms with Gasteiger partial charge in [0.15, 0.2) is 11.8 Å². The summed E-state index contributed by atoms with van der Waals surface area (Å²) in [5, 5.41) is 0. The molecule has 2 aromatic rings. The van der Waals surface area contributed by atoms with E-state index in [-0.39, 0.29) is 5.78 Å². The minimum atomic E-state index is -0.433. The second kappa shape index (κ2) is 5.06. The first-order chi connectivity index (χ1) is 9.34. The zero-order chi connectivity index (χ0) is 13.1. The monoisotopic (exact) mass is 251 g/mol. The molecule has 1 heterocycles. The van der Waals surface area contributed by atoms with Crippen molar-refractivity contribution in [3.05, 3.63) is 71.8 Å². The molecule has 2 aromatic carbocycles. The fourth-order valence-corrected chi connectivity index (χ4v) is 2.04. The lowest BCUT2D eigenvalue weighted by Gasteiger charge is -2.03. The maximum absolute atomic E-state index is 12.2. The number of rotatable bonds is 3. The number of ketones is 1. The third-order valence-electron chi connectivity index (χ3n) is 3.03. The topological polar surface area (TPSA) is 38.7 Å². The van der Waals surface area contributed by atoms with Crippen molar-refractivity contribution < 1.29 is 9.53 Å². The molecule has 0 N–H and O–H groups in total. The molecule has 0 fully saturated rings. The molecule has 1 aliphatic heterocycles. The summed E-state index contributed by atoms with van der Waals surface area (Å²) in [5.41, 5.74) is 1.58. The van der Waals surface area contributed by atoms with Gasteiger partial charge in [-0.25, -0.2) is 4.99 Å². The zero-order valence-corrected chi connectivity index (χ0v) is 10.3. The summed E-state index contributed by atoms with van der Waals surface area (Å²) in [6.45, 7) is 0.317. The van der Waals surface area contributed by atoms with E-state index in [0.717, 1.165) is 5.56 Å². The number of benzene rings is 2. The number of carbonyl (C=O) groups is 1. The first-order valence-electron chi connectivity index (χ1n) is 6.20. The fraction of sp³-hybridized carbons (Fsp3) is 0.125. The lowest BCUT2D eigenvalue weighted by atomic mass is 10.1. The molecule has 3 rings (SSSR count). The Morgan fingerprint density at radius 2 is 1.63 bits per heavy atom. The van der Waals surface area contributed by atoms with Gasteiger partial charge in [-0.1, -0.05) is 48.5 Å². The van der Waals surface area contributed by atoms with Crippen molar-refractivity contribution in [3.63, 3.8) is 0 Å². The minimum absolute atomic E-state index is 0.00605. The Bertz CT molecular complexity index is 605. The number of nitrogens with zero attached hydrogens (tertiary/aromatic N) is 1. The van der Waals surface area contributed by atoms with Crippen LogP contribution in [0.2, 0.25) is 0 Å². The molecule has 1 unspecified atom stereocenters. The fourth-order valence-electron chi connectivity index (χ4n) is 2.04. The zero-order valence-electron chi connectivity index (χ0n) is 10.3. The van der Waals surface area contributed by atoms with Crippen LogP contribution < -0.4 is 0 Å². The van der Waals surface area contributed by atoms with Gasteiger partial charge in [0.1, 0.15) is 6.61 Å². The van der Waals surface area contributed by atoms with Crippen LogP contribution in [0.5, 0.6) is 0 Å². The van der Waals surface area contributed by atoms with E-state index in [4.69, 9.17) is 4.74 Å². The molecule has 0 aliphatic carbocycles. The summed E-state index contributed by atoms with van der Waals surface area (Å²) in [7, 11) is 0. The second-order valence-electron chi connectivity index (χ2n) is 4.36. The summed E-state index contributed by atoms with van der Waals surface area (Å²) in [5.74, 6) is 0.557. The van der Waals surface area contributed by atoms with Crippen LogP contribution in [-0.2, 0) is 4.74 Å². The number of Topliss-reactive ketones (excluding diaryl/α,β-unsaturated/α-hetero) is 1. The molecular weight excluding hydrogens is 238 g/mol. The van der Waals surface area contributed by atoms with Crippen LogP contribution in [0.3, 0.4) is 0 Å². The molecule has 0 saturated carbocycles. The van der Waals surface area contributed by atoms with E-state index in [1.807, 2.05) is 48.5 Å². The van der Waals surface area contributed by atoms with Crippen molar-refractivity contribution in [2.75, 3.05) is 6.61 Å². The van der Waals surface area contributed by atoms with Crippen LogP contribution in [0, 0.1) is 0 Å². The van der Waals surface area contributed by atoms with Crippen molar-refractivity contribution >= 4 is 11.7 Å². The van der Waals surface area contributed by atoms with Crippen LogP contribution in [0.4, 0.5) is 0 Å². The number of aliphatic imine (C=N–C) groups is 1. The third-order valence-corrected chi connectivity index (χ3v) is 3.03. The van der Waals surface area contributed by atoms with E-state index in [2.05, 4.69) is 4.99 Å². The highest BCUT2D eigenvalue weighted by atomic mass is 16.5. The first kappa shape index (κ1) is 11.7. The van der Waals surface area contributed by atoms with E-state index in [1.165, 1.54) is 0 Å². The molecule has 1 aliphatic rings. The van der Waals surface area contributed by atoms with Crippen molar-refractivity contribution in [1.82, 2.24) is 0 Å². The quantitative estimate of drug-likeness (QED) is 0.787. The summed E-state index contributed by atoms with van der Waals surface area (Å²) >= 11 is 0. The Kier molecular flexibility index (Phi) is 3.11. The van der Waals surface area contributed by atoms with Gasteiger partial charge in [-0.2, -0.15) is 0 Å². The Hall–Kier alpha value is -2.42. The van der Waals surface area contributed by atoms with E-state index >= 15 is 0 Å². The molecule has 94 valence electrons. The molecule has 19 heavy (non-hydrogen) atoms. The maximum Gasteiger partial charge on any atom is 0.217 e. The van der Waals surface area contributed by atoms with E-state index in [1.54, 1.807) is 12.1 Å². The number of carbonyl (C=O) groups excluding carboxylic acids is 1. The average molecular weight is 251 g/mol. The van der Waals surface area contributed by atoms with Gasteiger partial charge in [-0.05, 0) is 12.1 Å². The van der Waals surface area contributed by atoms with Gasteiger partial charge in [-0.3, -0.25) is 4.79 Å². The molecular formula is C16H13NO2. The Labute approximate surface area is 111 Å². The van der Waals surface area contributed by atoms with Crippen molar-refractivity contribution in [1.29, 1.82) is 0 Å². The number of ether oxygens (including phenoxy) is 1. The lowest BCUT2D eigenvalue weighted by molar-refractivity contribution is 0.0948. The second-order valence-corrected chi connectivity index (χ2v) is 4.36. The van der Waals surface area contributed by atoms with Gasteiger partial charge >= 0.3 is 0 Å². The van der Waals surface area contributed by atoms with Crippen LogP contribution in [0.25, 0.3) is 0 Å². The van der Waals surface area contributed by atoms with Crippen LogP contribution in [0.15, 0.2) is 65.7 Å². The highest BCUT2D eigenvalue weighted by molar-refractivity contribution is 6.04. The predicted octanol–water partition coefficient (Wildman–Crippen LogP) is 2.71. The Balaban J connectivity index is 1.82. The molecule has 3 heteroatoms. The van der Waals surface area contributed by atoms with E-state index in [0.29, 0.717) is 18.1 Å². The van der Waals surface area contributed by atoms with Gasteiger partial charge in [-0.15, -0.1) is 0 Å². The largest absolute Gasteiger partial charge is 0.475 e. The van der Waals surface area contributed by atoms with Crippen LogP contribution >= 0.6 is 0 Å². The Morgan fingerprint density at radius 3 is 2.32 bits per heavy atom. The summed E-state index contributed by atoms with van der Waals surface area (Å²) < 4.78 is 5.52. The lowest BCUT2D eigenvalue weighted by Crippen LogP contribution is -2.19. The Morgan fingerprint density at radius 1 is 1.00 bits per heavy atom. The van der Waals surface area contributed by atoms with Crippen molar-refractivity contribution in [2.45, 2.75) is 6.04 Å². The van der Waals surface area contributed by atoms with Gasteiger partial charge in [0.25, 0.3) is 0 Å². The summed E-state index contributed by atoms with van der Waals surface area (Å²) in [4.78, 5) is 16.6. The first-order valence-corrected chi connectivity index (χ1v) is 6.20. The normalized spacial score (nSPS) is 17.7. The highest BCUT2D eigenvalue weighted by Crippen LogP contribution is 2.15. The van der Waals surface area contributed by atoms with Crippen LogP contribution in [-0.4, -0.2) is 24.3 Å². The highest BCUT2D eigenvalue weighted by Gasteiger charge is 2.27. The van der Waals surface area contributed by atoms with Crippen LogP contribution in [0.1, 0.15) is 15.9 Å². The summed E-state index contributed by atoms with van der Waals surface area (Å²) in [6, 6.07) is 18.4. The van der Waals surface area contributed by atoms with Gasteiger partial charge in [0, 0.05) is 11.1 Å². The summed E-state index contributed by atoms with van der Waals surface area (Å²) in [6.07, 6.45) is 0. The number of hydrogen-bond acceptors (Lipinski definition) is 3. The van der Waals surface area contributed by atoms with Gasteiger partial charge in [0.2, 0.25) is 5.90 Å². The predicted molar refractivity (Wildman–Crippen MR) is 73.5 cm³/mol. The molecule has 0 bridgehead atoms. The standard InChI is InChI=1S/C16H13NO2/c18-15(12-7-3-1-4-8-12)14-11-19-16(17-14)13-9-5-2-6-10-13/h1-10,14H,11H2. The molecule has 0 amide bonds. The SMILES string of the molecule is O=C(c1ccccc1)C1COC(c2ccccc2)=N1. The molecule has 1 atom stereocenters. The minimum Gasteiger partial charge on any atom is -0.475 e. The molecule has 0 spiro atoms.